The van der Waals surface area contributed by atoms with Crippen molar-refractivity contribution in [1.82, 2.24) is 15.1 Å². The van der Waals surface area contributed by atoms with Crippen LogP contribution in [0.15, 0.2) is 6.20 Å². The van der Waals surface area contributed by atoms with Crippen LogP contribution in [0.25, 0.3) is 0 Å². The van der Waals surface area contributed by atoms with Crippen LogP contribution in [0, 0.1) is 6.92 Å². The van der Waals surface area contributed by atoms with Crippen molar-refractivity contribution in [2.45, 2.75) is 26.0 Å². The van der Waals surface area contributed by atoms with Crippen LogP contribution in [-0.4, -0.2) is 35.8 Å². The Morgan fingerprint density at radius 1 is 1.62 bits per heavy atom. The fourth-order valence-electron chi connectivity index (χ4n) is 1.85. The van der Waals surface area contributed by atoms with E-state index in [0.717, 1.165) is 31.8 Å². The zero-order valence-electron chi connectivity index (χ0n) is 9.90. The van der Waals surface area contributed by atoms with Crippen molar-refractivity contribution in [2.24, 2.45) is 7.05 Å². The van der Waals surface area contributed by atoms with Gasteiger partial charge in [0.2, 0.25) is 0 Å². The Labute approximate surface area is 95.7 Å². The van der Waals surface area contributed by atoms with E-state index in [2.05, 4.69) is 10.4 Å². The van der Waals surface area contributed by atoms with Gasteiger partial charge in [0.1, 0.15) is 6.79 Å². The Hall–Kier alpha value is -0.910. The molecule has 5 heteroatoms. The molecule has 0 saturated carbocycles. The highest BCUT2D eigenvalue weighted by molar-refractivity contribution is 5.14. The minimum absolute atomic E-state index is 0.283. The lowest BCUT2D eigenvalue weighted by atomic mass is 10.2. The van der Waals surface area contributed by atoms with E-state index in [1.165, 1.54) is 5.56 Å². The SMILES string of the molecule is Cc1nn(C)cc1CNCC1CCOCO1. The first-order chi connectivity index (χ1) is 7.75. The van der Waals surface area contributed by atoms with Crippen LogP contribution < -0.4 is 5.32 Å². The van der Waals surface area contributed by atoms with Crippen molar-refractivity contribution in [3.63, 3.8) is 0 Å². The molecule has 1 aliphatic heterocycles. The highest BCUT2D eigenvalue weighted by atomic mass is 16.7. The van der Waals surface area contributed by atoms with Crippen LogP contribution >= 0.6 is 0 Å². The van der Waals surface area contributed by atoms with Crippen LogP contribution in [0.4, 0.5) is 0 Å². The van der Waals surface area contributed by atoms with Crippen molar-refractivity contribution < 1.29 is 9.47 Å². The summed E-state index contributed by atoms with van der Waals surface area (Å²) in [5.74, 6) is 0. The quantitative estimate of drug-likeness (QED) is 0.814. The fraction of sp³-hybridized carbons (Fsp3) is 0.727. The molecule has 0 radical (unpaired) electrons. The number of hydrogen-bond acceptors (Lipinski definition) is 4. The molecule has 16 heavy (non-hydrogen) atoms. The molecule has 1 saturated heterocycles. The zero-order chi connectivity index (χ0) is 11.4. The van der Waals surface area contributed by atoms with Gasteiger partial charge in [-0.25, -0.2) is 0 Å². The Morgan fingerprint density at radius 3 is 3.12 bits per heavy atom. The zero-order valence-corrected chi connectivity index (χ0v) is 9.90. The number of ether oxygens (including phenoxy) is 2. The van der Waals surface area contributed by atoms with Gasteiger partial charge in [0.25, 0.3) is 0 Å². The van der Waals surface area contributed by atoms with Gasteiger partial charge in [-0.1, -0.05) is 0 Å². The first kappa shape index (κ1) is 11.6. The topological polar surface area (TPSA) is 48.3 Å². The summed E-state index contributed by atoms with van der Waals surface area (Å²) in [5, 5.41) is 7.69. The van der Waals surface area contributed by atoms with Crippen LogP contribution in [-0.2, 0) is 23.1 Å². The predicted molar refractivity (Wildman–Crippen MR) is 60.0 cm³/mol. The lowest BCUT2D eigenvalue weighted by Crippen LogP contribution is -2.33. The van der Waals surface area contributed by atoms with Gasteiger partial charge in [-0.15, -0.1) is 0 Å². The minimum atomic E-state index is 0.283. The van der Waals surface area contributed by atoms with Gasteiger partial charge in [-0.05, 0) is 13.3 Å². The highest BCUT2D eigenvalue weighted by Gasteiger charge is 2.13. The molecule has 0 aromatic carbocycles. The third-order valence-corrected chi connectivity index (χ3v) is 2.77. The molecule has 1 aromatic heterocycles. The van der Waals surface area contributed by atoms with E-state index in [0.29, 0.717) is 6.79 Å². The molecule has 0 bridgehead atoms. The summed E-state index contributed by atoms with van der Waals surface area (Å²) in [7, 11) is 1.94. The Kier molecular flexibility index (Phi) is 3.93. The molecule has 0 spiro atoms. The molecule has 1 aliphatic rings. The molecule has 1 aromatic rings. The summed E-state index contributed by atoms with van der Waals surface area (Å²) in [6, 6.07) is 0. The molecule has 1 atom stereocenters. The van der Waals surface area contributed by atoms with Crippen LogP contribution in [0.5, 0.6) is 0 Å². The van der Waals surface area contributed by atoms with Gasteiger partial charge in [0, 0.05) is 31.9 Å². The lowest BCUT2D eigenvalue weighted by molar-refractivity contribution is -0.137. The number of rotatable bonds is 4. The summed E-state index contributed by atoms with van der Waals surface area (Å²) in [5.41, 5.74) is 2.33. The van der Waals surface area contributed by atoms with Gasteiger partial charge in [0.05, 0.1) is 18.4 Å². The average molecular weight is 225 g/mol. The first-order valence-corrected chi connectivity index (χ1v) is 5.65. The average Bonchev–Trinajstić information content (AvgIpc) is 2.59. The van der Waals surface area contributed by atoms with Gasteiger partial charge >= 0.3 is 0 Å². The maximum absolute atomic E-state index is 5.45. The normalized spacial score (nSPS) is 21.2. The molecular formula is C11H19N3O2. The molecule has 0 aliphatic carbocycles. The van der Waals surface area contributed by atoms with Gasteiger partial charge < -0.3 is 14.8 Å². The third-order valence-electron chi connectivity index (χ3n) is 2.77. The van der Waals surface area contributed by atoms with E-state index >= 15 is 0 Å². The summed E-state index contributed by atoms with van der Waals surface area (Å²) >= 11 is 0. The van der Waals surface area contributed by atoms with Crippen molar-refractivity contribution in [2.75, 3.05) is 19.9 Å². The molecule has 5 nitrogen and oxygen atoms in total. The number of nitrogens with one attached hydrogen (secondary N) is 1. The van der Waals surface area contributed by atoms with E-state index in [-0.39, 0.29) is 6.10 Å². The number of aryl methyl sites for hydroxylation is 2. The van der Waals surface area contributed by atoms with Crippen LogP contribution in [0.2, 0.25) is 0 Å². The van der Waals surface area contributed by atoms with Crippen molar-refractivity contribution in [1.29, 1.82) is 0 Å². The standard InChI is InChI=1S/C11H19N3O2/c1-9-10(7-14(2)13-9)5-12-6-11-3-4-15-8-16-11/h7,11-12H,3-6,8H2,1-2H3. The summed E-state index contributed by atoms with van der Waals surface area (Å²) in [6.45, 7) is 4.98. The van der Waals surface area contributed by atoms with E-state index in [4.69, 9.17) is 9.47 Å². The molecule has 90 valence electrons. The monoisotopic (exact) mass is 225 g/mol. The maximum atomic E-state index is 5.45. The second-order valence-electron chi connectivity index (χ2n) is 4.15. The van der Waals surface area contributed by atoms with Crippen molar-refractivity contribution in [3.05, 3.63) is 17.5 Å². The molecule has 1 fully saturated rings. The van der Waals surface area contributed by atoms with Crippen LogP contribution in [0.3, 0.4) is 0 Å². The van der Waals surface area contributed by atoms with Gasteiger partial charge in [-0.3, -0.25) is 4.68 Å². The first-order valence-electron chi connectivity index (χ1n) is 5.65. The molecule has 2 heterocycles. The van der Waals surface area contributed by atoms with E-state index in [1.54, 1.807) is 0 Å². The molecular weight excluding hydrogens is 206 g/mol. The lowest BCUT2D eigenvalue weighted by Gasteiger charge is -2.22. The molecule has 0 amide bonds. The second-order valence-corrected chi connectivity index (χ2v) is 4.15. The summed E-state index contributed by atoms with van der Waals surface area (Å²) in [6.07, 6.45) is 3.30. The summed E-state index contributed by atoms with van der Waals surface area (Å²) < 4.78 is 12.4. The molecule has 1 N–H and O–H groups in total. The van der Waals surface area contributed by atoms with E-state index < -0.39 is 0 Å². The molecule has 1 unspecified atom stereocenters. The van der Waals surface area contributed by atoms with E-state index in [1.807, 2.05) is 24.9 Å². The highest BCUT2D eigenvalue weighted by Crippen LogP contribution is 2.06. The minimum Gasteiger partial charge on any atom is -0.355 e. The fourth-order valence-corrected chi connectivity index (χ4v) is 1.85. The van der Waals surface area contributed by atoms with Crippen molar-refractivity contribution in [3.8, 4) is 0 Å². The second kappa shape index (κ2) is 5.43. The third kappa shape index (κ3) is 3.04. The smallest absolute Gasteiger partial charge is 0.147 e. The van der Waals surface area contributed by atoms with E-state index in [9.17, 15) is 0 Å². The van der Waals surface area contributed by atoms with Gasteiger partial charge in [0.15, 0.2) is 0 Å². The predicted octanol–water partition coefficient (Wildman–Crippen LogP) is 0.581. The Bertz CT molecular complexity index is 332. The number of aromatic nitrogens is 2. The Balaban J connectivity index is 1.73. The number of hydrogen-bond donors (Lipinski definition) is 1. The number of nitrogens with zero attached hydrogens (tertiary/aromatic N) is 2. The van der Waals surface area contributed by atoms with Crippen LogP contribution in [0.1, 0.15) is 17.7 Å². The maximum Gasteiger partial charge on any atom is 0.147 e. The van der Waals surface area contributed by atoms with Crippen molar-refractivity contribution >= 4 is 0 Å². The largest absolute Gasteiger partial charge is 0.355 e. The van der Waals surface area contributed by atoms with Gasteiger partial charge in [-0.2, -0.15) is 5.10 Å². The molecule has 2 rings (SSSR count). The Morgan fingerprint density at radius 2 is 2.50 bits per heavy atom. The summed E-state index contributed by atoms with van der Waals surface area (Å²) in [4.78, 5) is 0.